The Morgan fingerprint density at radius 3 is 2.29 bits per heavy atom. The summed E-state index contributed by atoms with van der Waals surface area (Å²) in [6.07, 6.45) is -0.839. The van der Waals surface area contributed by atoms with Crippen molar-refractivity contribution in [3.8, 4) is 0 Å². The van der Waals surface area contributed by atoms with E-state index in [0.717, 1.165) is 0 Å². The SMILES string of the molecule is COCCn1cc(Br)cc([N+](=O)[O-])c1=O.O=C([O-])[O-].[Cs+].[Cs+]. The van der Waals surface area contributed by atoms with Crippen molar-refractivity contribution in [2.75, 3.05) is 13.7 Å². The molecule has 0 aliphatic carbocycles. The molecule has 1 rings (SSSR count). The Bertz CT molecular complexity index is 519. The van der Waals surface area contributed by atoms with Crippen molar-refractivity contribution in [1.82, 2.24) is 4.57 Å². The first-order chi connectivity index (χ1) is 8.79. The van der Waals surface area contributed by atoms with E-state index in [1.807, 2.05) is 0 Å². The second-order valence-corrected chi connectivity index (χ2v) is 3.96. The van der Waals surface area contributed by atoms with Gasteiger partial charge < -0.3 is 24.3 Å². The Balaban J connectivity index is -0.000000482. The Labute approximate surface area is 245 Å². The molecule has 1 aromatic heterocycles. The Morgan fingerprint density at radius 1 is 1.43 bits per heavy atom. The normalized spacial score (nSPS) is 8.48. The van der Waals surface area contributed by atoms with Gasteiger partial charge in [0.25, 0.3) is 0 Å². The maximum Gasteiger partial charge on any atom is 1.00 e. The molecular weight excluding hydrogens is 594 g/mol. The minimum atomic E-state index is -2.33. The molecule has 106 valence electrons. The molecule has 12 heteroatoms. The molecule has 0 radical (unpaired) electrons. The van der Waals surface area contributed by atoms with Gasteiger partial charge in [0.2, 0.25) is 0 Å². The first kappa shape index (κ1) is 28.0. The molecule has 0 N–H and O–H groups in total. The van der Waals surface area contributed by atoms with E-state index in [-0.39, 0.29) is 144 Å². The van der Waals surface area contributed by atoms with Crippen molar-refractivity contribution in [1.29, 1.82) is 0 Å². The number of nitrogens with zero attached hydrogens (tertiary/aromatic N) is 2. The third kappa shape index (κ3) is 13.2. The van der Waals surface area contributed by atoms with Crippen LogP contribution < -0.4 is 154 Å². The smallest absolute Gasteiger partial charge is 0.652 e. The summed E-state index contributed by atoms with van der Waals surface area (Å²) in [5.74, 6) is 0. The predicted molar refractivity (Wildman–Crippen MR) is 62.3 cm³/mol. The summed E-state index contributed by atoms with van der Waals surface area (Å²) in [6, 6.07) is 1.19. The van der Waals surface area contributed by atoms with Crippen LogP contribution in [0.1, 0.15) is 0 Å². The third-order valence-corrected chi connectivity index (χ3v) is 2.20. The first-order valence-electron chi connectivity index (χ1n) is 4.71. The van der Waals surface area contributed by atoms with Gasteiger partial charge in [-0.15, -0.1) is 0 Å². The summed E-state index contributed by atoms with van der Waals surface area (Å²) >= 11 is 3.10. The summed E-state index contributed by atoms with van der Waals surface area (Å²) in [5.41, 5.74) is -1.07. The molecule has 1 heterocycles. The van der Waals surface area contributed by atoms with Crippen molar-refractivity contribution in [3.05, 3.63) is 37.2 Å². The Morgan fingerprint density at radius 2 is 1.90 bits per heavy atom. The summed E-state index contributed by atoms with van der Waals surface area (Å²) in [7, 11) is 1.50. The molecule has 21 heavy (non-hydrogen) atoms. The van der Waals surface area contributed by atoms with Gasteiger partial charge in [-0.25, -0.2) is 0 Å². The van der Waals surface area contributed by atoms with Gasteiger partial charge in [0.05, 0.1) is 11.5 Å². The Hall–Kier alpha value is 2.16. The molecule has 0 saturated heterocycles. The van der Waals surface area contributed by atoms with Crippen LogP contribution in [0.3, 0.4) is 0 Å². The Kier molecular flexibility index (Phi) is 20.9. The van der Waals surface area contributed by atoms with E-state index in [1.165, 1.54) is 23.9 Å². The van der Waals surface area contributed by atoms with Crippen LogP contribution >= 0.6 is 15.9 Å². The maximum atomic E-state index is 11.5. The van der Waals surface area contributed by atoms with Crippen LogP contribution in [-0.2, 0) is 11.3 Å². The quantitative estimate of drug-likeness (QED) is 0.247. The number of methoxy groups -OCH3 is 1. The average molecular weight is 603 g/mol. The standard InChI is InChI=1S/C8H9BrN2O4.CH2O3.2Cs/c1-15-3-2-10-5-6(9)4-7(8(10)12)11(13)14;2-1(3)4;;/h4-5H,2-3H2,1H3;(H2,2,3,4);;/q;;2*+1/p-2. The zero-order valence-corrected chi connectivity index (χ0v) is 25.8. The number of carbonyl (C=O) groups excluding carboxylic acids is 1. The summed E-state index contributed by atoms with van der Waals surface area (Å²) in [6.45, 7) is 0.614. The molecule has 0 fully saturated rings. The topological polar surface area (TPSA) is 138 Å². The van der Waals surface area contributed by atoms with Gasteiger partial charge in [-0.2, -0.15) is 0 Å². The second kappa shape index (κ2) is 15.7. The van der Waals surface area contributed by atoms with Crippen LogP contribution in [0, 0.1) is 10.1 Å². The van der Waals surface area contributed by atoms with Gasteiger partial charge in [-0.3, -0.25) is 14.9 Å². The molecule has 1 aromatic rings. The number of pyridine rings is 1. The van der Waals surface area contributed by atoms with Gasteiger partial charge in [0.1, 0.15) is 0 Å². The van der Waals surface area contributed by atoms with Crippen molar-refractivity contribution in [3.63, 3.8) is 0 Å². The predicted octanol–water partition coefficient (Wildman–Crippen LogP) is -7.27. The number of aromatic nitrogens is 1. The van der Waals surface area contributed by atoms with E-state index in [0.29, 0.717) is 11.1 Å². The minimum Gasteiger partial charge on any atom is -0.652 e. The van der Waals surface area contributed by atoms with Crippen LogP contribution in [-0.4, -0.2) is 29.4 Å². The van der Waals surface area contributed by atoms with E-state index in [1.54, 1.807) is 0 Å². The van der Waals surface area contributed by atoms with E-state index < -0.39 is 22.3 Å². The van der Waals surface area contributed by atoms with Crippen molar-refractivity contribution in [2.24, 2.45) is 0 Å². The molecule has 0 unspecified atom stereocenters. The monoisotopic (exact) mass is 602 g/mol. The zero-order chi connectivity index (χ0) is 15.0. The van der Waals surface area contributed by atoms with Gasteiger partial charge in [-0.1, -0.05) is 0 Å². The number of nitro groups is 1. The van der Waals surface area contributed by atoms with Crippen LogP contribution in [0.15, 0.2) is 21.5 Å². The molecule has 0 aromatic carbocycles. The number of carboxylic acid groups (broad SMARTS) is 2. The third-order valence-electron chi connectivity index (χ3n) is 1.77. The molecule has 0 atom stereocenters. The maximum absolute atomic E-state index is 11.5. The number of rotatable bonds is 4. The molecule has 0 saturated carbocycles. The zero-order valence-electron chi connectivity index (χ0n) is 11.7. The summed E-state index contributed by atoms with van der Waals surface area (Å²) in [5, 5.41) is 27.2. The van der Waals surface area contributed by atoms with Crippen molar-refractivity contribution in [2.45, 2.75) is 6.54 Å². The van der Waals surface area contributed by atoms with E-state index in [2.05, 4.69) is 15.9 Å². The van der Waals surface area contributed by atoms with Gasteiger partial charge in [-0.05, 0) is 22.1 Å². The van der Waals surface area contributed by atoms with Crippen LogP contribution in [0.2, 0.25) is 0 Å². The molecular formula is C9H9BrCs2N2O7. The minimum absolute atomic E-state index is 0. The van der Waals surface area contributed by atoms with Crippen molar-refractivity contribution < 1.29 is 162 Å². The molecule has 0 aliphatic rings. The second-order valence-electron chi connectivity index (χ2n) is 3.04. The number of halogens is 1. The first-order valence-corrected chi connectivity index (χ1v) is 5.50. The fraction of sp³-hybridized carbons (Fsp3) is 0.333. The van der Waals surface area contributed by atoms with E-state index in [4.69, 9.17) is 19.7 Å². The van der Waals surface area contributed by atoms with Crippen LogP contribution in [0.25, 0.3) is 0 Å². The average Bonchev–Trinajstić information content (AvgIpc) is 2.28. The van der Waals surface area contributed by atoms with E-state index >= 15 is 0 Å². The number of carbonyl (C=O) groups is 1. The summed E-state index contributed by atoms with van der Waals surface area (Å²) < 4.78 is 6.53. The molecule has 0 aliphatic heterocycles. The molecule has 0 spiro atoms. The molecule has 0 amide bonds. The fourth-order valence-corrected chi connectivity index (χ4v) is 1.53. The molecule has 0 bridgehead atoms. The molecule has 9 nitrogen and oxygen atoms in total. The largest absolute Gasteiger partial charge is 1.00 e. The van der Waals surface area contributed by atoms with Crippen LogP contribution in [0.5, 0.6) is 0 Å². The number of hydrogen-bond donors (Lipinski definition) is 0. The van der Waals surface area contributed by atoms with Crippen LogP contribution in [0.4, 0.5) is 10.5 Å². The number of hydrogen-bond acceptors (Lipinski definition) is 7. The van der Waals surface area contributed by atoms with E-state index in [9.17, 15) is 14.9 Å². The van der Waals surface area contributed by atoms with Gasteiger partial charge >= 0.3 is 149 Å². The van der Waals surface area contributed by atoms with Crippen molar-refractivity contribution >= 4 is 27.8 Å². The summed E-state index contributed by atoms with van der Waals surface area (Å²) in [4.78, 5) is 29.7. The number of ether oxygens (including phenoxy) is 1. The van der Waals surface area contributed by atoms with Gasteiger partial charge in [0, 0.05) is 30.4 Å². The fourth-order valence-electron chi connectivity index (χ4n) is 1.07. The van der Waals surface area contributed by atoms with Gasteiger partial charge in [0.15, 0.2) is 0 Å².